The van der Waals surface area contributed by atoms with Crippen LogP contribution in [0.25, 0.3) is 11.2 Å². The van der Waals surface area contributed by atoms with E-state index in [1.165, 1.54) is 13.8 Å². The lowest BCUT2D eigenvalue weighted by molar-refractivity contribution is -0.137. The highest BCUT2D eigenvalue weighted by Gasteiger charge is 2.50. The van der Waals surface area contributed by atoms with E-state index in [0.717, 1.165) is 29.0 Å². The molecule has 30 heteroatoms. The van der Waals surface area contributed by atoms with Crippen molar-refractivity contribution in [3.8, 4) is 5.75 Å². The zero-order chi connectivity index (χ0) is 45.6. The first-order valence-electron chi connectivity index (χ1n) is 17.7. The van der Waals surface area contributed by atoms with E-state index in [-0.39, 0.29) is 47.4 Å². The number of amides is 2. The lowest BCUT2D eigenvalue weighted by Crippen LogP contribution is -2.46. The first-order chi connectivity index (χ1) is 28.2. The fourth-order valence-corrected chi connectivity index (χ4v) is 9.02. The number of carbonyl (C=O) groups excluding carboxylic acids is 3. The number of aromatic nitrogens is 4. The Morgan fingerprint density at radius 1 is 1.00 bits per heavy atom. The average Bonchev–Trinajstić information content (AvgIpc) is 3.72. The maximum absolute atomic E-state index is 12.7. The smallest absolute Gasteiger partial charge is 0.479 e. The number of aliphatic hydroxyl groups excluding tert-OH is 2. The summed E-state index contributed by atoms with van der Waals surface area (Å²) >= 11 is 6.82. The van der Waals surface area contributed by atoms with E-state index in [9.17, 15) is 57.9 Å². The number of hydrogen-bond acceptors (Lipinski definition) is 19. The number of hydrogen-bond donors (Lipinski definition) is 9. The predicted molar refractivity (Wildman–Crippen MR) is 213 cm³/mol. The van der Waals surface area contributed by atoms with Crippen molar-refractivity contribution in [2.24, 2.45) is 5.41 Å². The van der Waals surface area contributed by atoms with Gasteiger partial charge in [-0.25, -0.2) is 28.6 Å². The summed E-state index contributed by atoms with van der Waals surface area (Å²) in [6.07, 6.45) is -7.03. The maximum Gasteiger partial charge on any atom is 0.481 e. The molecule has 25 nitrogen and oxygen atoms in total. The Kier molecular flexibility index (Phi) is 17.0. The highest BCUT2D eigenvalue weighted by Crippen LogP contribution is 2.61. The van der Waals surface area contributed by atoms with Gasteiger partial charge in [-0.05, 0) is 38.1 Å². The first kappa shape index (κ1) is 50.5. The van der Waals surface area contributed by atoms with Gasteiger partial charge in [-0.15, -0.1) is 0 Å². The average molecular weight is 964 g/mol. The molecule has 7 atom stereocenters. The zero-order valence-electron chi connectivity index (χ0n) is 32.7. The van der Waals surface area contributed by atoms with E-state index in [0.29, 0.717) is 10.8 Å². The van der Waals surface area contributed by atoms with Crippen LogP contribution in [0.3, 0.4) is 0 Å². The second-order valence-corrected chi connectivity index (χ2v) is 20.0. The molecule has 1 aliphatic rings. The number of thioether (sulfide) groups is 1. The standard InChI is InChI=1S/C31H45ClN7O18P3S/c1-30(2,24(42)27(43)35-10-9-20(40)34-11-12-61-29(44)31(3,4)55-18-7-5-17(32)6-8-18)14-53-60(50,51)57-59(48,49)52-13-19-23(56-58(45,46)47)22(41)28(54-19)39-16-38-21-25(33)36-15-37-26(21)39/h5-8,15-16,19,22-24,28,41-42H,9-14H2,1-4H3,(H,34,40)(H,35,43)(H,48,49)(H,50,51)(H2,33,36,37)(H2,45,46,47)/t19-,22-,23-,24?,28-/m1/s1. The fourth-order valence-electron chi connectivity index (χ4n) is 5.29. The second kappa shape index (κ2) is 20.6. The quantitative estimate of drug-likeness (QED) is 0.0504. The van der Waals surface area contributed by atoms with E-state index in [1.807, 2.05) is 0 Å². The van der Waals surface area contributed by atoms with E-state index in [2.05, 4.69) is 34.4 Å². The third kappa shape index (κ3) is 14.7. The van der Waals surface area contributed by atoms with Crippen molar-refractivity contribution < 1.29 is 85.2 Å². The molecule has 61 heavy (non-hydrogen) atoms. The van der Waals surface area contributed by atoms with E-state index >= 15 is 0 Å². The van der Waals surface area contributed by atoms with Crippen LogP contribution in [0.5, 0.6) is 5.75 Å². The molecule has 3 unspecified atom stereocenters. The molecule has 2 aromatic heterocycles. The van der Waals surface area contributed by atoms with Gasteiger partial charge in [0.25, 0.3) is 0 Å². The van der Waals surface area contributed by atoms with Crippen molar-refractivity contribution in [1.82, 2.24) is 30.2 Å². The summed E-state index contributed by atoms with van der Waals surface area (Å²) in [6.45, 7) is 3.52. The van der Waals surface area contributed by atoms with Gasteiger partial charge >= 0.3 is 23.5 Å². The summed E-state index contributed by atoms with van der Waals surface area (Å²) in [4.78, 5) is 88.6. The first-order valence-corrected chi connectivity index (χ1v) is 23.6. The van der Waals surface area contributed by atoms with Crippen molar-refractivity contribution in [2.45, 2.75) is 70.4 Å². The summed E-state index contributed by atoms with van der Waals surface area (Å²) in [7, 11) is -16.4. The van der Waals surface area contributed by atoms with Crippen LogP contribution in [0, 0.1) is 5.41 Å². The van der Waals surface area contributed by atoms with Gasteiger partial charge in [0.05, 0.1) is 19.5 Å². The van der Waals surface area contributed by atoms with Crippen LogP contribution in [0.15, 0.2) is 36.9 Å². The number of carbonyl (C=O) groups is 3. The predicted octanol–water partition coefficient (Wildman–Crippen LogP) is 1.18. The van der Waals surface area contributed by atoms with Gasteiger partial charge in [-0.1, -0.05) is 37.2 Å². The minimum atomic E-state index is -5.59. The normalized spacial score (nSPS) is 21.0. The number of anilines is 1. The van der Waals surface area contributed by atoms with Crippen molar-refractivity contribution in [2.75, 3.05) is 37.8 Å². The number of nitrogens with zero attached hydrogens (tertiary/aromatic N) is 4. The van der Waals surface area contributed by atoms with Gasteiger partial charge in [-0.3, -0.25) is 32.5 Å². The Hall–Kier alpha value is -3.13. The van der Waals surface area contributed by atoms with Gasteiger partial charge in [0.15, 0.2) is 23.3 Å². The number of ether oxygens (including phenoxy) is 2. The molecule has 0 saturated carbocycles. The maximum atomic E-state index is 12.7. The molecule has 3 heterocycles. The number of benzene rings is 1. The topological polar surface area (TPSA) is 373 Å². The molecule has 0 aliphatic carbocycles. The highest BCUT2D eigenvalue weighted by atomic mass is 35.5. The number of rotatable bonds is 22. The fraction of sp³-hybridized carbons (Fsp3) is 0.548. The van der Waals surface area contributed by atoms with E-state index < -0.39 is 90.2 Å². The molecule has 1 aliphatic heterocycles. The molecule has 1 aromatic carbocycles. The zero-order valence-corrected chi connectivity index (χ0v) is 36.9. The van der Waals surface area contributed by atoms with Gasteiger partial charge < -0.3 is 55.6 Å². The molecule has 340 valence electrons. The monoisotopic (exact) mass is 963 g/mol. The molecular formula is C31H45ClN7O18P3S. The Balaban J connectivity index is 1.20. The largest absolute Gasteiger partial charge is 0.481 e. The molecule has 0 bridgehead atoms. The third-order valence-corrected chi connectivity index (χ3v) is 12.9. The van der Waals surface area contributed by atoms with Gasteiger partial charge in [0.2, 0.25) is 16.9 Å². The number of halogens is 1. The SMILES string of the molecule is CC(C)(Oc1ccc(Cl)cc1)C(=O)SCCNC(=O)CCNC(=O)C(O)C(C)(C)COP(=O)(O)OP(=O)(O)OC[C@H]1O[C@@H](n2cnc3c(N)ncnc32)[C@H](O)[C@@H]1OP(=O)(O)O. The molecule has 4 rings (SSSR count). The number of nitrogens with two attached hydrogens (primary N) is 1. The summed E-state index contributed by atoms with van der Waals surface area (Å²) < 4.78 is 68.0. The van der Waals surface area contributed by atoms with Crippen LogP contribution in [-0.2, 0) is 50.7 Å². The number of fused-ring (bicyclic) bond motifs is 1. The molecule has 1 saturated heterocycles. The molecule has 0 spiro atoms. The van der Waals surface area contributed by atoms with Crippen LogP contribution in [0.1, 0.15) is 40.3 Å². The lowest BCUT2D eigenvalue weighted by Gasteiger charge is -2.30. The van der Waals surface area contributed by atoms with E-state index in [4.69, 9.17) is 35.9 Å². The van der Waals surface area contributed by atoms with Gasteiger partial charge in [0, 0.05) is 35.7 Å². The minimum absolute atomic E-state index is 0.0243. The number of nitrogens with one attached hydrogen (secondary N) is 2. The molecule has 0 radical (unpaired) electrons. The molecule has 3 aromatic rings. The van der Waals surface area contributed by atoms with Crippen LogP contribution >= 0.6 is 46.8 Å². The molecule has 10 N–H and O–H groups in total. The van der Waals surface area contributed by atoms with Crippen LogP contribution in [0.4, 0.5) is 5.82 Å². The Labute approximate surface area is 356 Å². The summed E-state index contributed by atoms with van der Waals surface area (Å²) in [5.74, 6) is -0.857. The van der Waals surface area contributed by atoms with Gasteiger partial charge in [0.1, 0.15) is 42.0 Å². The van der Waals surface area contributed by atoms with Gasteiger partial charge in [-0.2, -0.15) is 4.31 Å². The highest BCUT2D eigenvalue weighted by molar-refractivity contribution is 8.13. The number of aliphatic hydroxyl groups is 2. The minimum Gasteiger partial charge on any atom is -0.479 e. The van der Waals surface area contributed by atoms with Crippen molar-refractivity contribution >= 4 is 80.7 Å². The number of nitrogen functional groups attached to an aromatic ring is 1. The van der Waals surface area contributed by atoms with Crippen LogP contribution in [0.2, 0.25) is 5.02 Å². The Morgan fingerprint density at radius 2 is 1.66 bits per heavy atom. The summed E-state index contributed by atoms with van der Waals surface area (Å²) in [6, 6.07) is 6.50. The van der Waals surface area contributed by atoms with E-state index in [1.54, 1.807) is 38.1 Å². The van der Waals surface area contributed by atoms with Crippen molar-refractivity contribution in [1.29, 1.82) is 0 Å². The van der Waals surface area contributed by atoms with Crippen LogP contribution in [-0.4, -0.2) is 128 Å². The Bertz CT molecular complexity index is 2180. The second-order valence-electron chi connectivity index (χ2n) is 14.3. The van der Waals surface area contributed by atoms with Crippen molar-refractivity contribution in [3.05, 3.63) is 41.9 Å². The molecule has 2 amide bonds. The summed E-state index contributed by atoms with van der Waals surface area (Å²) in [5.41, 5.74) is 3.06. The number of imidazole rings is 1. The summed E-state index contributed by atoms with van der Waals surface area (Å²) in [5, 5.41) is 26.7. The molecular weight excluding hydrogens is 919 g/mol. The Morgan fingerprint density at radius 3 is 2.31 bits per heavy atom. The number of phosphoric acid groups is 3. The third-order valence-electron chi connectivity index (χ3n) is 8.41. The van der Waals surface area contributed by atoms with Crippen molar-refractivity contribution in [3.63, 3.8) is 0 Å². The lowest BCUT2D eigenvalue weighted by atomic mass is 9.87. The number of phosphoric ester groups is 3. The molecule has 1 fully saturated rings. The van der Waals surface area contributed by atoms with Crippen LogP contribution < -0.4 is 21.1 Å².